The Kier molecular flexibility index (Phi) is 10.6. The lowest BCUT2D eigenvalue weighted by Gasteiger charge is -2.17. The van der Waals surface area contributed by atoms with E-state index < -0.39 is 5.97 Å². The second-order valence-electron chi connectivity index (χ2n) is 8.90. The van der Waals surface area contributed by atoms with E-state index in [1.54, 1.807) is 11.8 Å². The minimum absolute atomic E-state index is 0.285. The Bertz CT molecular complexity index is 1260. The number of carboxylic acid groups (broad SMARTS) is 1. The van der Waals surface area contributed by atoms with Crippen LogP contribution >= 0.6 is 46.3 Å². The maximum Gasteiger partial charge on any atom is 0.348 e. The van der Waals surface area contributed by atoms with Crippen LogP contribution in [0.3, 0.4) is 0 Å². The van der Waals surface area contributed by atoms with Crippen molar-refractivity contribution in [1.29, 1.82) is 0 Å². The number of hydrogen-bond donors (Lipinski definition) is 2. The predicted molar refractivity (Wildman–Crippen MR) is 159 cm³/mol. The molecule has 7 heteroatoms. The number of carboxylic acids is 1. The van der Waals surface area contributed by atoms with Gasteiger partial charge in [-0.15, -0.1) is 11.3 Å². The van der Waals surface area contributed by atoms with E-state index in [0.717, 1.165) is 45.2 Å². The smallest absolute Gasteiger partial charge is 0.348 e. The van der Waals surface area contributed by atoms with Gasteiger partial charge in [0.1, 0.15) is 4.88 Å². The third-order valence-corrected chi connectivity index (χ3v) is 8.70. The van der Waals surface area contributed by atoms with Gasteiger partial charge in [-0.2, -0.15) is 0 Å². The molecule has 0 saturated carbocycles. The minimum atomic E-state index is -0.945. The molecule has 2 N–H and O–H groups in total. The van der Waals surface area contributed by atoms with Crippen LogP contribution in [-0.4, -0.2) is 11.1 Å². The van der Waals surface area contributed by atoms with Crippen molar-refractivity contribution in [1.82, 2.24) is 0 Å². The second-order valence-corrected chi connectivity index (χ2v) is 11.8. The molecule has 2 aromatic carbocycles. The Labute approximate surface area is 232 Å². The summed E-state index contributed by atoms with van der Waals surface area (Å²) < 4.78 is 0. The van der Waals surface area contributed by atoms with Crippen LogP contribution in [-0.2, 0) is 0 Å². The molecule has 0 radical (unpaired) electrons. The first kappa shape index (κ1) is 28.4. The zero-order valence-electron chi connectivity index (χ0n) is 20.9. The highest BCUT2D eigenvalue weighted by Gasteiger charge is 2.19. The van der Waals surface area contributed by atoms with Crippen molar-refractivity contribution in [2.75, 3.05) is 5.32 Å². The number of aromatic carboxylic acids is 1. The number of halogens is 2. The lowest BCUT2D eigenvalue weighted by molar-refractivity contribution is 0.0703. The Morgan fingerprint density at radius 1 is 1.11 bits per heavy atom. The fraction of sp³-hybridized carbons (Fsp3) is 0.276. The zero-order chi connectivity index (χ0) is 26.2. The van der Waals surface area contributed by atoms with Gasteiger partial charge in [-0.25, -0.2) is 4.79 Å². The summed E-state index contributed by atoms with van der Waals surface area (Å²) in [4.78, 5) is 14.4. The van der Waals surface area contributed by atoms with Gasteiger partial charge in [0.25, 0.3) is 0 Å². The molecule has 0 amide bonds. The zero-order valence-corrected chi connectivity index (χ0v) is 24.0. The van der Waals surface area contributed by atoms with E-state index >= 15 is 0 Å². The van der Waals surface area contributed by atoms with Crippen LogP contribution < -0.4 is 5.32 Å². The molecule has 3 nitrogen and oxygen atoms in total. The maximum absolute atomic E-state index is 12.1. The van der Waals surface area contributed by atoms with Crippen molar-refractivity contribution in [2.24, 2.45) is 5.92 Å². The van der Waals surface area contributed by atoms with Crippen LogP contribution in [0.5, 0.6) is 0 Å². The summed E-state index contributed by atoms with van der Waals surface area (Å²) in [7, 11) is 0. The average Bonchev–Trinajstić information content (AvgIpc) is 3.27. The van der Waals surface area contributed by atoms with Crippen molar-refractivity contribution < 1.29 is 9.90 Å². The van der Waals surface area contributed by atoms with E-state index in [4.69, 9.17) is 23.2 Å². The standard InChI is InChI=1S/C29H31Cl2NO2S2/c1-5-9-26(32-24-17-25(35-28(24)29(33)34)20-10-7-6-8-11-20)36-27(19(4)13-12-18(2)3)21-14-15-22(30)23(31)16-21/h6-11,14-18,32H,5,12-13H2,1-4H3,(H,33,34)/b26-9+,27-19+. The SMILES string of the molecule is CC/C=C(\Nc1cc(-c2ccccc2)sc1C(=O)O)S/C(=C(\C)CCC(C)C)c1ccc(Cl)c(Cl)c1. The van der Waals surface area contributed by atoms with Crippen molar-refractivity contribution in [3.05, 3.63) is 91.8 Å². The Morgan fingerprint density at radius 2 is 1.83 bits per heavy atom. The van der Waals surface area contributed by atoms with Crippen LogP contribution in [0.1, 0.15) is 62.2 Å². The molecule has 0 fully saturated rings. The van der Waals surface area contributed by atoms with Gasteiger partial charge in [-0.1, -0.05) is 104 Å². The first-order valence-corrected chi connectivity index (χ1v) is 14.3. The third kappa shape index (κ3) is 7.66. The lowest BCUT2D eigenvalue weighted by atomic mass is 10.0. The van der Waals surface area contributed by atoms with Gasteiger partial charge in [0.2, 0.25) is 0 Å². The average molecular weight is 561 g/mol. The van der Waals surface area contributed by atoms with E-state index in [9.17, 15) is 9.90 Å². The molecular weight excluding hydrogens is 529 g/mol. The van der Waals surface area contributed by atoms with Crippen molar-refractivity contribution in [3.63, 3.8) is 0 Å². The van der Waals surface area contributed by atoms with Crippen LogP contribution in [0, 0.1) is 5.92 Å². The number of carbonyl (C=O) groups is 1. The first-order chi connectivity index (χ1) is 17.2. The van der Waals surface area contributed by atoms with E-state index in [2.05, 4.69) is 39.1 Å². The highest BCUT2D eigenvalue weighted by atomic mass is 35.5. The fourth-order valence-electron chi connectivity index (χ4n) is 3.58. The van der Waals surface area contributed by atoms with Gasteiger partial charge in [0, 0.05) is 9.78 Å². The molecule has 3 rings (SSSR count). The molecule has 0 aliphatic carbocycles. The molecule has 190 valence electrons. The van der Waals surface area contributed by atoms with Gasteiger partial charge in [-0.3, -0.25) is 0 Å². The third-order valence-electron chi connectivity index (χ3n) is 5.51. The first-order valence-electron chi connectivity index (χ1n) is 11.9. The number of benzene rings is 2. The summed E-state index contributed by atoms with van der Waals surface area (Å²) in [5.74, 6) is -0.358. The highest BCUT2D eigenvalue weighted by Crippen LogP contribution is 2.42. The van der Waals surface area contributed by atoms with E-state index in [0.29, 0.717) is 21.7 Å². The van der Waals surface area contributed by atoms with Gasteiger partial charge in [0.05, 0.1) is 20.8 Å². The highest BCUT2D eigenvalue weighted by molar-refractivity contribution is 8.11. The number of hydrogen-bond acceptors (Lipinski definition) is 4. The normalized spacial score (nSPS) is 12.6. The second kappa shape index (κ2) is 13.4. The van der Waals surface area contributed by atoms with E-state index in [1.807, 2.05) is 54.6 Å². The number of thiophene rings is 1. The number of allylic oxidation sites excluding steroid dienone is 2. The molecular formula is C29H31Cl2NO2S2. The molecule has 0 spiro atoms. The van der Waals surface area contributed by atoms with Crippen LogP contribution in [0.15, 0.2) is 71.3 Å². The molecule has 0 aliphatic rings. The molecule has 1 heterocycles. The summed E-state index contributed by atoms with van der Waals surface area (Å²) in [6.07, 6.45) is 4.92. The summed E-state index contributed by atoms with van der Waals surface area (Å²) in [5.41, 5.74) is 3.83. The minimum Gasteiger partial charge on any atom is -0.477 e. The topological polar surface area (TPSA) is 49.3 Å². The van der Waals surface area contributed by atoms with Crippen LogP contribution in [0.25, 0.3) is 15.3 Å². The molecule has 0 unspecified atom stereocenters. The molecule has 36 heavy (non-hydrogen) atoms. The van der Waals surface area contributed by atoms with Gasteiger partial charge in [-0.05, 0) is 61.4 Å². The molecule has 3 aromatic rings. The van der Waals surface area contributed by atoms with E-state index in [-0.39, 0.29) is 4.88 Å². The quantitative estimate of drug-likeness (QED) is 0.245. The van der Waals surface area contributed by atoms with Crippen LogP contribution in [0.2, 0.25) is 10.0 Å². The molecule has 0 bridgehead atoms. The van der Waals surface area contributed by atoms with Gasteiger partial charge >= 0.3 is 5.97 Å². The predicted octanol–water partition coefficient (Wildman–Crippen LogP) is 10.7. The molecule has 0 aliphatic heterocycles. The molecule has 0 saturated heterocycles. The number of rotatable bonds is 11. The van der Waals surface area contributed by atoms with Crippen LogP contribution in [0.4, 0.5) is 5.69 Å². The Morgan fingerprint density at radius 3 is 2.44 bits per heavy atom. The van der Waals surface area contributed by atoms with Crippen molar-refractivity contribution in [2.45, 2.75) is 47.0 Å². The number of anilines is 1. The van der Waals surface area contributed by atoms with Gasteiger partial charge < -0.3 is 10.4 Å². The summed E-state index contributed by atoms with van der Waals surface area (Å²) in [5, 5.41) is 15.2. The molecule has 0 atom stereocenters. The fourth-order valence-corrected chi connectivity index (χ4v) is 5.99. The van der Waals surface area contributed by atoms with Gasteiger partial charge in [0.15, 0.2) is 0 Å². The maximum atomic E-state index is 12.1. The van der Waals surface area contributed by atoms with E-state index in [1.165, 1.54) is 16.9 Å². The Balaban J connectivity index is 1.99. The number of nitrogens with one attached hydrogen (secondary N) is 1. The van der Waals surface area contributed by atoms with Crippen molar-refractivity contribution >= 4 is 62.9 Å². The lowest BCUT2D eigenvalue weighted by Crippen LogP contribution is -2.02. The van der Waals surface area contributed by atoms with Crippen molar-refractivity contribution in [3.8, 4) is 10.4 Å². The summed E-state index contributed by atoms with van der Waals surface area (Å²) in [6.45, 7) is 8.66. The summed E-state index contributed by atoms with van der Waals surface area (Å²) >= 11 is 15.4. The number of thioether (sulfide) groups is 1. The Hall–Kier alpha value is -2.18. The monoisotopic (exact) mass is 559 g/mol. The summed E-state index contributed by atoms with van der Waals surface area (Å²) in [6, 6.07) is 17.5. The largest absolute Gasteiger partial charge is 0.477 e. The molecule has 1 aromatic heterocycles.